The number of thioether (sulfide) groups is 1. The lowest BCUT2D eigenvalue weighted by molar-refractivity contribution is -0.113. The number of Topliss-reactive ketones (excluding diaryl/α,β-unsaturated/α-hetero) is 1. The fraction of sp³-hybridized carbons (Fsp3) is 0.100. The molecule has 2 aromatic carbocycles. The van der Waals surface area contributed by atoms with Crippen LogP contribution in [0.4, 0.5) is 10.1 Å². The van der Waals surface area contributed by atoms with Crippen molar-refractivity contribution in [1.29, 1.82) is 0 Å². The number of anilines is 1. The van der Waals surface area contributed by atoms with Gasteiger partial charge in [0.25, 0.3) is 0 Å². The van der Waals surface area contributed by atoms with Crippen molar-refractivity contribution in [3.8, 4) is 5.69 Å². The Morgan fingerprint density at radius 3 is 2.34 bits per heavy atom. The number of aromatic nitrogens is 2. The number of carbonyl (C=O) groups is 3. The van der Waals surface area contributed by atoms with Crippen LogP contribution in [0.3, 0.4) is 0 Å². The number of carboxylic acid groups (broad SMARTS) is 1. The zero-order chi connectivity index (χ0) is 21.0. The molecule has 0 saturated carbocycles. The number of carboxylic acids is 1. The summed E-state index contributed by atoms with van der Waals surface area (Å²) < 4.78 is 14.5. The highest BCUT2D eigenvalue weighted by atomic mass is 32.2. The Bertz CT molecular complexity index is 1060. The average molecular weight is 413 g/mol. The number of ketones is 1. The van der Waals surface area contributed by atoms with Crippen LogP contribution in [0.5, 0.6) is 0 Å². The summed E-state index contributed by atoms with van der Waals surface area (Å²) in [5.41, 5.74) is 1.40. The second kappa shape index (κ2) is 8.70. The predicted octanol–water partition coefficient (Wildman–Crippen LogP) is 3.64. The number of nitrogens with zero attached hydrogens (tertiary/aromatic N) is 2. The van der Waals surface area contributed by atoms with Gasteiger partial charge in [-0.2, -0.15) is 0 Å². The molecule has 2 N–H and O–H groups in total. The van der Waals surface area contributed by atoms with Crippen LogP contribution in [-0.2, 0) is 4.79 Å². The van der Waals surface area contributed by atoms with E-state index in [9.17, 15) is 23.9 Å². The molecule has 3 rings (SSSR count). The molecule has 3 aromatic rings. The minimum Gasteiger partial charge on any atom is -0.477 e. The molecule has 0 saturated heterocycles. The molecule has 0 atom stereocenters. The van der Waals surface area contributed by atoms with E-state index in [0.29, 0.717) is 16.9 Å². The maximum atomic E-state index is 13.2. The minimum atomic E-state index is -1.19. The molecule has 148 valence electrons. The number of nitrogens with one attached hydrogen (secondary N) is 1. The summed E-state index contributed by atoms with van der Waals surface area (Å²) in [6, 6.07) is 11.8. The Hall–Kier alpha value is -3.46. The first-order valence-corrected chi connectivity index (χ1v) is 9.44. The summed E-state index contributed by atoms with van der Waals surface area (Å²) in [4.78, 5) is 39.1. The van der Waals surface area contributed by atoms with Crippen molar-refractivity contribution in [2.75, 3.05) is 11.1 Å². The van der Waals surface area contributed by atoms with Crippen molar-refractivity contribution in [3.63, 3.8) is 0 Å². The van der Waals surface area contributed by atoms with Crippen LogP contribution in [0.25, 0.3) is 5.69 Å². The van der Waals surface area contributed by atoms with Crippen LogP contribution in [0.2, 0.25) is 0 Å². The first kappa shape index (κ1) is 20.3. The Kier molecular flexibility index (Phi) is 6.08. The van der Waals surface area contributed by atoms with Gasteiger partial charge in [-0.1, -0.05) is 11.8 Å². The van der Waals surface area contributed by atoms with Crippen molar-refractivity contribution in [3.05, 3.63) is 71.8 Å². The quantitative estimate of drug-likeness (QED) is 0.453. The Morgan fingerprint density at radius 1 is 1.10 bits per heavy atom. The van der Waals surface area contributed by atoms with Gasteiger partial charge in [-0.05, 0) is 55.5 Å². The third-order valence-electron chi connectivity index (χ3n) is 3.94. The number of halogens is 1. The molecule has 0 aliphatic carbocycles. The second-order valence-corrected chi connectivity index (χ2v) is 6.96. The summed E-state index contributed by atoms with van der Waals surface area (Å²) in [5.74, 6) is -2.05. The molecule has 0 aliphatic heterocycles. The maximum Gasteiger partial charge on any atom is 0.354 e. The Morgan fingerprint density at radius 2 is 1.76 bits per heavy atom. The molecule has 1 amide bonds. The van der Waals surface area contributed by atoms with Gasteiger partial charge in [-0.3, -0.25) is 14.2 Å². The highest BCUT2D eigenvalue weighted by Crippen LogP contribution is 2.24. The lowest BCUT2D eigenvalue weighted by Gasteiger charge is -2.10. The highest BCUT2D eigenvalue weighted by molar-refractivity contribution is 7.99. The Labute approximate surface area is 169 Å². The monoisotopic (exact) mass is 413 g/mol. The van der Waals surface area contributed by atoms with Crippen molar-refractivity contribution < 1.29 is 23.9 Å². The van der Waals surface area contributed by atoms with Gasteiger partial charge in [-0.25, -0.2) is 14.2 Å². The van der Waals surface area contributed by atoms with Crippen molar-refractivity contribution in [1.82, 2.24) is 9.55 Å². The van der Waals surface area contributed by atoms with E-state index < -0.39 is 11.8 Å². The number of carbonyl (C=O) groups excluding carboxylic acids is 2. The van der Waals surface area contributed by atoms with Crippen LogP contribution in [-0.4, -0.2) is 38.1 Å². The molecule has 0 fully saturated rings. The van der Waals surface area contributed by atoms with Gasteiger partial charge in [0.1, 0.15) is 5.82 Å². The fourth-order valence-corrected chi connectivity index (χ4v) is 3.34. The van der Waals surface area contributed by atoms with Crippen molar-refractivity contribution in [2.24, 2.45) is 0 Å². The number of benzene rings is 2. The lowest BCUT2D eigenvalue weighted by atomic mass is 10.1. The number of hydrogen-bond acceptors (Lipinski definition) is 5. The fourth-order valence-electron chi connectivity index (χ4n) is 2.54. The first-order chi connectivity index (χ1) is 13.8. The molecular formula is C20H16FN3O4S. The molecular weight excluding hydrogens is 397 g/mol. The van der Waals surface area contributed by atoms with E-state index in [2.05, 4.69) is 10.3 Å². The third-order valence-corrected chi connectivity index (χ3v) is 4.89. The van der Waals surface area contributed by atoms with Crippen LogP contribution >= 0.6 is 11.8 Å². The van der Waals surface area contributed by atoms with Gasteiger partial charge in [0.05, 0.1) is 11.9 Å². The van der Waals surface area contributed by atoms with Gasteiger partial charge in [0, 0.05) is 16.9 Å². The second-order valence-electron chi connectivity index (χ2n) is 6.01. The first-order valence-electron chi connectivity index (χ1n) is 8.46. The van der Waals surface area contributed by atoms with Gasteiger partial charge >= 0.3 is 5.97 Å². The number of aromatic carboxylic acids is 1. The smallest absolute Gasteiger partial charge is 0.354 e. The van der Waals surface area contributed by atoms with Crippen molar-refractivity contribution >= 4 is 35.1 Å². The minimum absolute atomic E-state index is 0.0221. The van der Waals surface area contributed by atoms with Crippen LogP contribution in [0.1, 0.15) is 27.8 Å². The zero-order valence-corrected chi connectivity index (χ0v) is 16.1. The molecule has 9 heteroatoms. The summed E-state index contributed by atoms with van der Waals surface area (Å²) in [5, 5.41) is 12.4. The standard InChI is InChI=1S/C20H16FN3O4S/c1-12(25)13-2-6-15(7-3-13)23-18(26)11-29-20-22-10-17(19(27)28)24(20)16-8-4-14(21)5-9-16/h2-10H,11H2,1H3,(H,23,26)(H,27,28). The van der Waals surface area contributed by atoms with E-state index >= 15 is 0 Å². The molecule has 0 aliphatic rings. The van der Waals surface area contributed by atoms with Crippen molar-refractivity contribution in [2.45, 2.75) is 12.1 Å². The van der Waals surface area contributed by atoms with E-state index in [1.165, 1.54) is 42.0 Å². The number of imidazole rings is 1. The van der Waals surface area contributed by atoms with Crippen LogP contribution in [0.15, 0.2) is 59.9 Å². The van der Waals surface area contributed by atoms with E-state index in [4.69, 9.17) is 0 Å². The average Bonchev–Trinajstić information content (AvgIpc) is 3.12. The summed E-state index contributed by atoms with van der Waals surface area (Å²) in [7, 11) is 0. The predicted molar refractivity (Wildman–Crippen MR) is 106 cm³/mol. The van der Waals surface area contributed by atoms with E-state index in [0.717, 1.165) is 11.8 Å². The number of amides is 1. The molecule has 0 spiro atoms. The number of hydrogen-bond donors (Lipinski definition) is 2. The molecule has 1 heterocycles. The largest absolute Gasteiger partial charge is 0.477 e. The third kappa shape index (κ3) is 4.88. The topological polar surface area (TPSA) is 101 Å². The van der Waals surface area contributed by atoms with E-state index in [-0.39, 0.29) is 28.3 Å². The molecule has 29 heavy (non-hydrogen) atoms. The Balaban J connectivity index is 1.73. The van der Waals surface area contributed by atoms with Crippen LogP contribution in [0, 0.1) is 5.82 Å². The van der Waals surface area contributed by atoms with E-state index in [1.54, 1.807) is 24.3 Å². The summed E-state index contributed by atoms with van der Waals surface area (Å²) in [6.45, 7) is 1.46. The zero-order valence-electron chi connectivity index (χ0n) is 15.3. The normalized spacial score (nSPS) is 10.6. The number of rotatable bonds is 7. The van der Waals surface area contributed by atoms with Gasteiger partial charge in [0.2, 0.25) is 5.91 Å². The molecule has 0 bridgehead atoms. The molecule has 0 unspecified atom stereocenters. The van der Waals surface area contributed by atoms with Crippen LogP contribution < -0.4 is 5.32 Å². The summed E-state index contributed by atoms with van der Waals surface area (Å²) >= 11 is 1.05. The maximum absolute atomic E-state index is 13.2. The lowest BCUT2D eigenvalue weighted by Crippen LogP contribution is -2.15. The SMILES string of the molecule is CC(=O)c1ccc(NC(=O)CSc2ncc(C(=O)O)n2-c2ccc(F)cc2)cc1. The summed E-state index contributed by atoms with van der Waals surface area (Å²) in [6.07, 6.45) is 1.19. The molecule has 0 radical (unpaired) electrons. The van der Waals surface area contributed by atoms with E-state index in [1.807, 2.05) is 0 Å². The molecule has 1 aromatic heterocycles. The van der Waals surface area contributed by atoms with Gasteiger partial charge in [0.15, 0.2) is 16.6 Å². The van der Waals surface area contributed by atoms with Gasteiger partial charge in [-0.15, -0.1) is 0 Å². The van der Waals surface area contributed by atoms with Gasteiger partial charge < -0.3 is 10.4 Å². The highest BCUT2D eigenvalue weighted by Gasteiger charge is 2.18. The molecule has 7 nitrogen and oxygen atoms in total.